The highest BCUT2D eigenvalue weighted by Gasteiger charge is 2.16. The Hall–Kier alpha value is -3.58. The number of carbonyl (C=O) groups excluding carboxylic acids is 1. The summed E-state index contributed by atoms with van der Waals surface area (Å²) >= 11 is 0. The van der Waals surface area contributed by atoms with Crippen molar-refractivity contribution in [3.05, 3.63) is 95.3 Å². The molecule has 3 aromatic carbocycles. The third kappa shape index (κ3) is 4.78. The first-order valence-corrected chi connectivity index (χ1v) is 10.1. The maximum atomic E-state index is 13.6. The molecule has 0 aliphatic heterocycles. The molecule has 1 unspecified atom stereocenters. The van der Waals surface area contributed by atoms with Crippen LogP contribution in [0.15, 0.2) is 72.8 Å². The molecule has 0 spiro atoms. The summed E-state index contributed by atoms with van der Waals surface area (Å²) in [7, 11) is 3.81. The minimum absolute atomic E-state index is 0.125. The summed E-state index contributed by atoms with van der Waals surface area (Å²) in [6.07, 6.45) is 0. The van der Waals surface area contributed by atoms with Gasteiger partial charge in [0.25, 0.3) is 5.91 Å². The zero-order chi connectivity index (χ0) is 21.8. The largest absolute Gasteiger partial charge is 0.350 e. The van der Waals surface area contributed by atoms with E-state index in [1.165, 1.54) is 12.1 Å². The number of carbonyl (C=O) groups is 1. The number of benzene rings is 3. The second kappa shape index (κ2) is 9.06. The van der Waals surface area contributed by atoms with E-state index in [2.05, 4.69) is 15.6 Å². The SMILES string of the molecule is CN(C)C(CNC(=O)c1ccc(Cn2nnc3ccccc32)cc1)c1cccc(F)c1. The maximum Gasteiger partial charge on any atom is 0.251 e. The summed E-state index contributed by atoms with van der Waals surface area (Å²) in [4.78, 5) is 14.6. The Kier molecular flexibility index (Phi) is 6.04. The topological polar surface area (TPSA) is 63.1 Å². The maximum absolute atomic E-state index is 13.6. The highest BCUT2D eigenvalue weighted by molar-refractivity contribution is 5.94. The predicted molar refractivity (Wildman–Crippen MR) is 118 cm³/mol. The molecule has 1 heterocycles. The Labute approximate surface area is 180 Å². The number of rotatable bonds is 7. The number of nitrogens with zero attached hydrogens (tertiary/aromatic N) is 4. The number of fused-ring (bicyclic) bond motifs is 1. The molecule has 158 valence electrons. The van der Waals surface area contributed by atoms with Gasteiger partial charge in [-0.15, -0.1) is 5.10 Å². The molecular formula is C24H24FN5O. The average molecular weight is 417 g/mol. The summed E-state index contributed by atoms with van der Waals surface area (Å²) in [5.74, 6) is -0.451. The molecule has 1 amide bonds. The van der Waals surface area contributed by atoms with Crippen molar-refractivity contribution in [3.63, 3.8) is 0 Å². The molecule has 1 atom stereocenters. The van der Waals surface area contributed by atoms with E-state index in [-0.39, 0.29) is 17.8 Å². The minimum atomic E-state index is -0.286. The summed E-state index contributed by atoms with van der Waals surface area (Å²) in [5, 5.41) is 11.3. The van der Waals surface area contributed by atoms with Gasteiger partial charge in [0.05, 0.1) is 18.1 Å². The summed E-state index contributed by atoms with van der Waals surface area (Å²) < 4.78 is 15.4. The van der Waals surface area contributed by atoms with E-state index in [9.17, 15) is 9.18 Å². The summed E-state index contributed by atoms with van der Waals surface area (Å²) in [6.45, 7) is 0.951. The highest BCUT2D eigenvalue weighted by atomic mass is 19.1. The van der Waals surface area contributed by atoms with Gasteiger partial charge >= 0.3 is 0 Å². The first-order valence-electron chi connectivity index (χ1n) is 10.1. The van der Waals surface area contributed by atoms with Crippen molar-refractivity contribution in [1.29, 1.82) is 0 Å². The fourth-order valence-electron chi connectivity index (χ4n) is 3.57. The van der Waals surface area contributed by atoms with Gasteiger partial charge < -0.3 is 10.2 Å². The number of nitrogens with one attached hydrogen (secondary N) is 1. The summed E-state index contributed by atoms with van der Waals surface area (Å²) in [5.41, 5.74) is 4.24. The van der Waals surface area contributed by atoms with Gasteiger partial charge in [0.1, 0.15) is 11.3 Å². The molecule has 0 radical (unpaired) electrons. The third-order valence-electron chi connectivity index (χ3n) is 5.28. The van der Waals surface area contributed by atoms with E-state index < -0.39 is 0 Å². The Bertz CT molecular complexity index is 1190. The molecule has 7 heteroatoms. The summed E-state index contributed by atoms with van der Waals surface area (Å²) in [6, 6.07) is 21.6. The van der Waals surface area contributed by atoms with Gasteiger partial charge in [0.15, 0.2) is 0 Å². The molecule has 0 aliphatic rings. The van der Waals surface area contributed by atoms with Gasteiger partial charge in [-0.05, 0) is 61.6 Å². The van der Waals surface area contributed by atoms with Gasteiger partial charge in [-0.25, -0.2) is 9.07 Å². The quantitative estimate of drug-likeness (QED) is 0.499. The van der Waals surface area contributed by atoms with E-state index in [0.29, 0.717) is 18.7 Å². The van der Waals surface area contributed by atoms with Crippen molar-refractivity contribution in [3.8, 4) is 0 Å². The van der Waals surface area contributed by atoms with E-state index >= 15 is 0 Å². The fraction of sp³-hybridized carbons (Fsp3) is 0.208. The van der Waals surface area contributed by atoms with Crippen LogP contribution in [0.4, 0.5) is 4.39 Å². The van der Waals surface area contributed by atoms with Crippen LogP contribution >= 0.6 is 0 Å². The highest BCUT2D eigenvalue weighted by Crippen LogP contribution is 2.19. The molecule has 0 aliphatic carbocycles. The van der Waals surface area contributed by atoms with Crippen LogP contribution in [0.3, 0.4) is 0 Å². The monoisotopic (exact) mass is 417 g/mol. The molecule has 0 saturated heterocycles. The molecule has 1 aromatic heterocycles. The molecular weight excluding hydrogens is 393 g/mol. The predicted octanol–water partition coefficient (Wildman–Crippen LogP) is 3.65. The van der Waals surface area contributed by atoms with Crippen LogP contribution in [0.2, 0.25) is 0 Å². The number of hydrogen-bond donors (Lipinski definition) is 1. The molecule has 4 rings (SSSR count). The smallest absolute Gasteiger partial charge is 0.251 e. The second-order valence-electron chi connectivity index (χ2n) is 7.68. The second-order valence-corrected chi connectivity index (χ2v) is 7.68. The molecule has 4 aromatic rings. The molecule has 6 nitrogen and oxygen atoms in total. The Morgan fingerprint density at radius 1 is 1.06 bits per heavy atom. The zero-order valence-electron chi connectivity index (χ0n) is 17.5. The Morgan fingerprint density at radius 3 is 2.58 bits per heavy atom. The number of amides is 1. The van der Waals surface area contributed by atoms with Gasteiger partial charge in [0, 0.05) is 12.1 Å². The first-order chi connectivity index (χ1) is 15.0. The van der Waals surface area contributed by atoms with Crippen LogP contribution < -0.4 is 5.32 Å². The van der Waals surface area contributed by atoms with Gasteiger partial charge in [0.2, 0.25) is 0 Å². The third-order valence-corrected chi connectivity index (χ3v) is 5.28. The molecule has 0 saturated carbocycles. The first kappa shape index (κ1) is 20.7. The van der Waals surface area contributed by atoms with Crippen molar-refractivity contribution in [2.75, 3.05) is 20.6 Å². The lowest BCUT2D eigenvalue weighted by atomic mass is 10.1. The van der Waals surface area contributed by atoms with Crippen molar-refractivity contribution in [2.24, 2.45) is 0 Å². The standard InChI is InChI=1S/C24H24FN5O/c1-29(2)23(19-6-5-7-20(25)14-19)15-26-24(31)18-12-10-17(11-13-18)16-30-22-9-4-3-8-21(22)27-28-30/h3-14,23H,15-16H2,1-2H3,(H,26,31). The minimum Gasteiger partial charge on any atom is -0.350 e. The lowest BCUT2D eigenvalue weighted by Gasteiger charge is -2.25. The van der Waals surface area contributed by atoms with Crippen LogP contribution in [0.25, 0.3) is 11.0 Å². The molecule has 31 heavy (non-hydrogen) atoms. The van der Waals surface area contributed by atoms with Crippen LogP contribution in [0, 0.1) is 5.82 Å². The van der Waals surface area contributed by atoms with Crippen molar-refractivity contribution < 1.29 is 9.18 Å². The lowest BCUT2D eigenvalue weighted by Crippen LogP contribution is -2.34. The van der Waals surface area contributed by atoms with Gasteiger partial charge in [-0.3, -0.25) is 4.79 Å². The van der Waals surface area contributed by atoms with Crippen molar-refractivity contribution in [2.45, 2.75) is 12.6 Å². The van der Waals surface area contributed by atoms with Gasteiger partial charge in [-0.1, -0.05) is 41.6 Å². The molecule has 1 N–H and O–H groups in total. The van der Waals surface area contributed by atoms with E-state index in [4.69, 9.17) is 0 Å². The molecule has 0 fully saturated rings. The van der Waals surface area contributed by atoms with Crippen LogP contribution in [-0.2, 0) is 6.54 Å². The lowest BCUT2D eigenvalue weighted by molar-refractivity contribution is 0.0942. The number of hydrogen-bond acceptors (Lipinski definition) is 4. The van der Waals surface area contributed by atoms with E-state index in [0.717, 1.165) is 22.2 Å². The normalized spacial score (nSPS) is 12.3. The number of likely N-dealkylation sites (N-methyl/N-ethyl adjacent to an activating group) is 1. The Morgan fingerprint density at radius 2 is 1.84 bits per heavy atom. The number of aromatic nitrogens is 3. The fourth-order valence-corrected chi connectivity index (χ4v) is 3.57. The number of halogens is 1. The Balaban J connectivity index is 1.41. The van der Waals surface area contributed by atoms with Crippen LogP contribution in [-0.4, -0.2) is 46.4 Å². The van der Waals surface area contributed by atoms with Crippen molar-refractivity contribution >= 4 is 16.9 Å². The van der Waals surface area contributed by atoms with E-state index in [1.54, 1.807) is 18.2 Å². The van der Waals surface area contributed by atoms with Gasteiger partial charge in [-0.2, -0.15) is 0 Å². The zero-order valence-corrected chi connectivity index (χ0v) is 17.5. The van der Waals surface area contributed by atoms with Crippen LogP contribution in [0.1, 0.15) is 27.5 Å². The molecule has 0 bridgehead atoms. The van der Waals surface area contributed by atoms with Crippen LogP contribution in [0.5, 0.6) is 0 Å². The average Bonchev–Trinajstić information content (AvgIpc) is 3.17. The van der Waals surface area contributed by atoms with E-state index in [1.807, 2.05) is 66.1 Å². The number of para-hydroxylation sites is 1. The van der Waals surface area contributed by atoms with Crippen molar-refractivity contribution in [1.82, 2.24) is 25.2 Å².